The van der Waals surface area contributed by atoms with Crippen molar-refractivity contribution in [2.75, 3.05) is 12.0 Å². The van der Waals surface area contributed by atoms with E-state index in [1.807, 2.05) is 67.6 Å². The Hall–Kier alpha value is -3.37. The fourth-order valence-corrected chi connectivity index (χ4v) is 3.33. The number of carbonyl (C=O) groups is 1. The summed E-state index contributed by atoms with van der Waals surface area (Å²) in [5, 5.41) is 0.632. The van der Waals surface area contributed by atoms with E-state index < -0.39 is 0 Å². The average Bonchev–Trinajstić information content (AvgIpc) is 3.05. The highest BCUT2D eigenvalue weighted by Gasteiger charge is 2.32. The van der Waals surface area contributed by atoms with Crippen molar-refractivity contribution in [3.8, 4) is 5.75 Å². The molecule has 0 spiro atoms. The van der Waals surface area contributed by atoms with E-state index in [2.05, 4.69) is 4.99 Å². The lowest BCUT2D eigenvalue weighted by molar-refractivity contribution is -0.113. The van der Waals surface area contributed by atoms with Crippen LogP contribution in [0.3, 0.4) is 0 Å². The SMILES string of the molecule is COc1cccc(/C=C2/N=C(c3ccc(Cl)cc3)N(c3cccc(C)c3)C2=O)c1. The van der Waals surface area contributed by atoms with E-state index in [-0.39, 0.29) is 5.91 Å². The monoisotopic (exact) mass is 402 g/mol. The summed E-state index contributed by atoms with van der Waals surface area (Å²) in [6.45, 7) is 2.00. The van der Waals surface area contributed by atoms with Crippen LogP contribution in [0.4, 0.5) is 5.69 Å². The van der Waals surface area contributed by atoms with Crippen LogP contribution in [0, 0.1) is 6.92 Å². The van der Waals surface area contributed by atoms with Gasteiger partial charge in [0.1, 0.15) is 17.3 Å². The molecule has 0 aliphatic carbocycles. The minimum Gasteiger partial charge on any atom is -0.497 e. The molecule has 0 radical (unpaired) electrons. The van der Waals surface area contributed by atoms with E-state index in [4.69, 9.17) is 16.3 Å². The molecule has 0 fully saturated rings. The van der Waals surface area contributed by atoms with Crippen LogP contribution in [0.5, 0.6) is 5.75 Å². The number of aryl methyl sites for hydroxylation is 1. The van der Waals surface area contributed by atoms with Crippen molar-refractivity contribution in [2.45, 2.75) is 6.92 Å². The maximum Gasteiger partial charge on any atom is 0.282 e. The number of nitrogens with zero attached hydrogens (tertiary/aromatic N) is 2. The van der Waals surface area contributed by atoms with Crippen LogP contribution in [0.15, 0.2) is 83.5 Å². The Labute approximate surface area is 174 Å². The molecule has 144 valence electrons. The topological polar surface area (TPSA) is 41.9 Å². The van der Waals surface area contributed by atoms with Crippen molar-refractivity contribution in [3.63, 3.8) is 0 Å². The average molecular weight is 403 g/mol. The first-order valence-corrected chi connectivity index (χ1v) is 9.54. The Morgan fingerprint density at radius 1 is 1.00 bits per heavy atom. The van der Waals surface area contributed by atoms with Crippen molar-refractivity contribution >= 4 is 35.1 Å². The van der Waals surface area contributed by atoms with Crippen LogP contribution in [0.1, 0.15) is 16.7 Å². The number of ether oxygens (including phenoxy) is 1. The maximum absolute atomic E-state index is 13.3. The van der Waals surface area contributed by atoms with Crippen molar-refractivity contribution in [1.29, 1.82) is 0 Å². The number of methoxy groups -OCH3 is 1. The van der Waals surface area contributed by atoms with E-state index in [1.165, 1.54) is 0 Å². The third-order valence-electron chi connectivity index (χ3n) is 4.62. The fraction of sp³-hybridized carbons (Fsp3) is 0.0833. The predicted molar refractivity (Wildman–Crippen MR) is 118 cm³/mol. The Kier molecular flexibility index (Phi) is 5.19. The highest BCUT2D eigenvalue weighted by molar-refractivity contribution is 6.34. The zero-order valence-electron chi connectivity index (χ0n) is 16.1. The van der Waals surface area contributed by atoms with E-state index >= 15 is 0 Å². The van der Waals surface area contributed by atoms with Crippen LogP contribution in [-0.2, 0) is 4.79 Å². The molecule has 4 rings (SSSR count). The van der Waals surface area contributed by atoms with Gasteiger partial charge < -0.3 is 4.74 Å². The van der Waals surface area contributed by atoms with Gasteiger partial charge in [-0.3, -0.25) is 9.69 Å². The molecule has 5 heteroatoms. The number of amidine groups is 1. The van der Waals surface area contributed by atoms with Gasteiger partial charge in [0.25, 0.3) is 5.91 Å². The van der Waals surface area contributed by atoms with Gasteiger partial charge in [-0.15, -0.1) is 0 Å². The normalized spacial score (nSPS) is 15.0. The molecule has 29 heavy (non-hydrogen) atoms. The summed E-state index contributed by atoms with van der Waals surface area (Å²) < 4.78 is 5.28. The third-order valence-corrected chi connectivity index (χ3v) is 4.87. The van der Waals surface area contributed by atoms with Crippen molar-refractivity contribution in [3.05, 3.63) is 100 Å². The number of rotatable bonds is 4. The third kappa shape index (κ3) is 3.93. The lowest BCUT2D eigenvalue weighted by Gasteiger charge is -2.19. The molecule has 0 N–H and O–H groups in total. The molecule has 1 amide bonds. The van der Waals surface area contributed by atoms with Crippen LogP contribution < -0.4 is 9.64 Å². The van der Waals surface area contributed by atoms with Crippen molar-refractivity contribution in [1.82, 2.24) is 0 Å². The summed E-state index contributed by atoms with van der Waals surface area (Å²) in [5.74, 6) is 1.12. The number of hydrogen-bond acceptors (Lipinski definition) is 3. The van der Waals surface area contributed by atoms with Crippen LogP contribution in [0.25, 0.3) is 6.08 Å². The second kappa shape index (κ2) is 7.94. The molecule has 0 unspecified atom stereocenters. The molecular weight excluding hydrogens is 384 g/mol. The van der Waals surface area contributed by atoms with Gasteiger partial charge >= 0.3 is 0 Å². The molecule has 4 nitrogen and oxygen atoms in total. The zero-order chi connectivity index (χ0) is 20.4. The van der Waals surface area contributed by atoms with Gasteiger partial charge in [-0.2, -0.15) is 0 Å². The first-order chi connectivity index (χ1) is 14.0. The van der Waals surface area contributed by atoms with Crippen LogP contribution in [0.2, 0.25) is 5.02 Å². The smallest absolute Gasteiger partial charge is 0.282 e. The van der Waals surface area contributed by atoms with E-state index in [1.54, 1.807) is 30.2 Å². The lowest BCUT2D eigenvalue weighted by atomic mass is 10.1. The Balaban J connectivity index is 1.82. The number of aliphatic imine (C=N–C) groups is 1. The summed E-state index contributed by atoms with van der Waals surface area (Å²) in [5.41, 5.74) is 3.87. The van der Waals surface area contributed by atoms with Gasteiger partial charge in [-0.05, 0) is 72.7 Å². The summed E-state index contributed by atoms with van der Waals surface area (Å²) in [6, 6.07) is 22.6. The Morgan fingerprint density at radius 2 is 1.76 bits per heavy atom. The second-order valence-electron chi connectivity index (χ2n) is 6.73. The molecule has 0 saturated heterocycles. The predicted octanol–water partition coefficient (Wildman–Crippen LogP) is 5.49. The molecule has 0 aromatic heterocycles. The molecule has 0 atom stereocenters. The van der Waals surface area contributed by atoms with Gasteiger partial charge in [-0.1, -0.05) is 35.9 Å². The zero-order valence-corrected chi connectivity index (χ0v) is 16.9. The molecule has 1 aliphatic rings. The molecule has 0 bridgehead atoms. The van der Waals surface area contributed by atoms with E-state index in [0.717, 1.165) is 28.1 Å². The number of hydrogen-bond donors (Lipinski definition) is 0. The highest BCUT2D eigenvalue weighted by Crippen LogP contribution is 2.29. The fourth-order valence-electron chi connectivity index (χ4n) is 3.21. The van der Waals surface area contributed by atoms with Gasteiger partial charge in [0, 0.05) is 10.6 Å². The largest absolute Gasteiger partial charge is 0.497 e. The van der Waals surface area contributed by atoms with Gasteiger partial charge in [0.2, 0.25) is 0 Å². The lowest BCUT2D eigenvalue weighted by Crippen LogP contribution is -2.32. The number of carbonyl (C=O) groups excluding carboxylic acids is 1. The molecule has 3 aromatic rings. The minimum absolute atomic E-state index is 0.177. The molecule has 1 aliphatic heterocycles. The van der Waals surface area contributed by atoms with Gasteiger partial charge in [0.15, 0.2) is 0 Å². The Bertz CT molecular complexity index is 1130. The first-order valence-electron chi connectivity index (χ1n) is 9.16. The minimum atomic E-state index is -0.177. The summed E-state index contributed by atoms with van der Waals surface area (Å²) in [4.78, 5) is 19.6. The summed E-state index contributed by atoms with van der Waals surface area (Å²) in [6.07, 6.45) is 1.77. The van der Waals surface area contributed by atoms with Crippen LogP contribution >= 0.6 is 11.6 Å². The number of benzene rings is 3. The van der Waals surface area contributed by atoms with Crippen molar-refractivity contribution in [2.24, 2.45) is 4.99 Å². The molecule has 0 saturated carbocycles. The summed E-state index contributed by atoms with van der Waals surface area (Å²) >= 11 is 6.04. The summed E-state index contributed by atoms with van der Waals surface area (Å²) in [7, 11) is 1.61. The number of anilines is 1. The van der Waals surface area contributed by atoms with Crippen LogP contribution in [-0.4, -0.2) is 18.9 Å². The van der Waals surface area contributed by atoms with E-state index in [9.17, 15) is 4.79 Å². The first kappa shape index (κ1) is 19.0. The van der Waals surface area contributed by atoms with E-state index in [0.29, 0.717) is 16.6 Å². The Morgan fingerprint density at radius 3 is 2.48 bits per heavy atom. The quantitative estimate of drug-likeness (QED) is 0.541. The standard InChI is InChI=1S/C24H19ClN2O2/c1-16-5-3-7-20(13-16)27-23(18-9-11-19(25)12-10-18)26-22(24(27)28)15-17-6-4-8-21(14-17)29-2/h3-15H,1-2H3/b22-15+. The van der Waals surface area contributed by atoms with Gasteiger partial charge in [-0.25, -0.2) is 4.99 Å². The number of halogens is 1. The highest BCUT2D eigenvalue weighted by atomic mass is 35.5. The van der Waals surface area contributed by atoms with Gasteiger partial charge in [0.05, 0.1) is 12.8 Å². The molecule has 1 heterocycles. The molecule has 3 aromatic carbocycles. The second-order valence-corrected chi connectivity index (χ2v) is 7.16. The van der Waals surface area contributed by atoms with Crippen molar-refractivity contribution < 1.29 is 9.53 Å². The molecular formula is C24H19ClN2O2. The number of amides is 1. The maximum atomic E-state index is 13.3.